The number of carbonyl (C=O) groups excluding carboxylic acids is 5. The van der Waals surface area contributed by atoms with Crippen LogP contribution >= 0.6 is 15.9 Å². The van der Waals surface area contributed by atoms with E-state index in [-0.39, 0.29) is 51.6 Å². The number of methoxy groups -OCH3 is 7. The number of carbonyl (C=O) groups is 5. The zero-order chi connectivity index (χ0) is 80.0. The molecule has 0 aliphatic heterocycles. The summed E-state index contributed by atoms with van der Waals surface area (Å²) in [5.74, 6) is 6.74. The summed E-state index contributed by atoms with van der Waals surface area (Å²) in [6.45, 7) is 20.7. The molecule has 11 aromatic rings. The lowest BCUT2D eigenvalue weighted by atomic mass is 10.1. The first-order chi connectivity index (χ1) is 52.3. The van der Waals surface area contributed by atoms with Crippen molar-refractivity contribution in [3.05, 3.63) is 237 Å². The van der Waals surface area contributed by atoms with E-state index < -0.39 is 6.29 Å². The molecule has 2 N–H and O–H groups in total. The van der Waals surface area contributed by atoms with Crippen molar-refractivity contribution in [1.82, 2.24) is 0 Å². The van der Waals surface area contributed by atoms with Crippen molar-refractivity contribution in [2.75, 3.05) is 69.6 Å². The van der Waals surface area contributed by atoms with Crippen LogP contribution in [0.25, 0.3) is 39.0 Å². The van der Waals surface area contributed by atoms with Crippen molar-refractivity contribution in [2.45, 2.75) is 110 Å². The van der Waals surface area contributed by atoms with Gasteiger partial charge in [0.2, 0.25) is 0 Å². The molecule has 1 aliphatic carbocycles. The minimum atomic E-state index is -0.462. The number of hydrogen-bond acceptors (Lipinski definition) is 22. The van der Waals surface area contributed by atoms with E-state index in [1.807, 2.05) is 154 Å². The van der Waals surface area contributed by atoms with Gasteiger partial charge in [0, 0.05) is 64.6 Å². The highest BCUT2D eigenvalue weighted by Crippen LogP contribution is 2.37. The fraction of sp³-hybridized carbons (Fsp3) is 0.295. The molecule has 0 saturated carbocycles. The van der Waals surface area contributed by atoms with Crippen LogP contribution in [0.2, 0.25) is 0 Å². The van der Waals surface area contributed by atoms with Crippen LogP contribution in [0, 0.1) is 55.4 Å². The molecule has 111 heavy (non-hydrogen) atoms. The van der Waals surface area contributed by atoms with Crippen molar-refractivity contribution >= 4 is 86.3 Å². The summed E-state index contributed by atoms with van der Waals surface area (Å²) in [5.41, 5.74) is 14.7. The van der Waals surface area contributed by atoms with Crippen LogP contribution in [0.5, 0.6) is 57.5 Å². The van der Waals surface area contributed by atoms with Crippen molar-refractivity contribution in [3.63, 3.8) is 0 Å². The molecule has 0 fully saturated rings. The highest BCUT2D eigenvalue weighted by atomic mass is 79.9. The number of phenols is 1. The zero-order valence-electron chi connectivity index (χ0n) is 64.3. The topological polar surface area (TPSA) is 284 Å². The lowest BCUT2D eigenvalue weighted by Gasteiger charge is -2.19. The van der Waals surface area contributed by atoms with Gasteiger partial charge in [0.05, 0.1) is 65.4 Å². The molecule has 0 spiro atoms. The number of fused-ring (bicyclic) bond motifs is 4. The maximum atomic E-state index is 11.5. The molecule has 1 aliphatic rings. The SMILES string of the molecule is C.C.CCOC(COc1c(C=O)cc(C)cc1OC)OCC.COc1cc(C)cc(C=O)c1.COc1cc(C)cc(C=O)c1Br.COc1cc(C)cc(C=O)c1O.COc1cc(C)cc2c1CC(C=O)=C2.COc1cc(C)cc2cc(CO)oc12.COc1cc(C)cc2cc(COc3ccc4c(C)cc(=O)oc4c3)oc12. The normalized spacial score (nSPS) is 10.6. The van der Waals surface area contributed by atoms with Crippen molar-refractivity contribution in [3.8, 4) is 57.5 Å². The third-order valence-corrected chi connectivity index (χ3v) is 17.0. The van der Waals surface area contributed by atoms with E-state index in [9.17, 15) is 33.9 Å². The van der Waals surface area contributed by atoms with E-state index >= 15 is 0 Å². The molecule has 23 heteroatoms. The predicted octanol–water partition coefficient (Wildman–Crippen LogP) is 18.9. The summed E-state index contributed by atoms with van der Waals surface area (Å²) < 4.78 is 75.5. The number of aldehydes is 5. The van der Waals surface area contributed by atoms with E-state index in [2.05, 4.69) is 22.0 Å². The fourth-order valence-electron chi connectivity index (χ4n) is 11.3. The molecule has 592 valence electrons. The molecule has 0 bridgehead atoms. The van der Waals surface area contributed by atoms with Gasteiger partial charge < -0.3 is 75.6 Å². The van der Waals surface area contributed by atoms with E-state index in [0.717, 1.165) is 114 Å². The molecule has 8 aromatic carbocycles. The van der Waals surface area contributed by atoms with E-state index in [4.69, 9.17) is 70.5 Å². The number of aromatic hydroxyl groups is 1. The molecule has 0 amide bonds. The van der Waals surface area contributed by atoms with Gasteiger partial charge in [-0.05, 0) is 256 Å². The van der Waals surface area contributed by atoms with Crippen LogP contribution < -0.4 is 48.3 Å². The second kappa shape index (κ2) is 45.5. The number of furan rings is 2. The van der Waals surface area contributed by atoms with Crippen molar-refractivity contribution in [1.29, 1.82) is 0 Å². The number of phenolic OH excluding ortho intramolecular Hbond substituents is 1. The van der Waals surface area contributed by atoms with Gasteiger partial charge >= 0.3 is 5.63 Å². The Bertz CT molecular complexity index is 4950. The molecule has 3 aromatic heterocycles. The van der Waals surface area contributed by atoms with Crippen LogP contribution in [0.4, 0.5) is 0 Å². The molecule has 0 radical (unpaired) electrons. The third kappa shape index (κ3) is 26.1. The largest absolute Gasteiger partial charge is 0.504 e. The second-order valence-electron chi connectivity index (χ2n) is 24.7. The lowest BCUT2D eigenvalue weighted by molar-refractivity contribution is -0.152. The van der Waals surface area contributed by atoms with E-state index in [1.54, 1.807) is 79.1 Å². The Morgan fingerprint density at radius 3 is 1.50 bits per heavy atom. The van der Waals surface area contributed by atoms with Crippen LogP contribution in [-0.4, -0.2) is 118 Å². The zero-order valence-corrected chi connectivity index (χ0v) is 65.9. The van der Waals surface area contributed by atoms with Gasteiger partial charge in [0.15, 0.2) is 70.8 Å². The van der Waals surface area contributed by atoms with Crippen LogP contribution in [0.3, 0.4) is 0 Å². The number of ether oxygens (including phenoxy) is 11. The monoisotopic (exact) mass is 1590 g/mol. The molecule has 0 saturated heterocycles. The summed E-state index contributed by atoms with van der Waals surface area (Å²) in [4.78, 5) is 64.7. The third-order valence-electron chi connectivity index (χ3n) is 16.2. The maximum absolute atomic E-state index is 11.5. The Hall–Kier alpha value is -11.5. The summed E-state index contributed by atoms with van der Waals surface area (Å²) >= 11 is 3.28. The predicted molar refractivity (Wildman–Crippen MR) is 436 cm³/mol. The molecule has 0 unspecified atom stereocenters. The number of aliphatic hydroxyl groups excluding tert-OH is 1. The Balaban J connectivity index is 0.000000279. The van der Waals surface area contributed by atoms with E-state index in [0.29, 0.717) is 116 Å². The highest BCUT2D eigenvalue weighted by Gasteiger charge is 2.19. The molecule has 22 nitrogen and oxygen atoms in total. The average molecular weight is 1590 g/mol. The number of hydrogen-bond donors (Lipinski definition) is 2. The summed E-state index contributed by atoms with van der Waals surface area (Å²) in [6.07, 6.45) is 6.05. The smallest absolute Gasteiger partial charge is 0.336 e. The Morgan fingerprint density at radius 2 is 0.973 bits per heavy atom. The highest BCUT2D eigenvalue weighted by molar-refractivity contribution is 9.10. The van der Waals surface area contributed by atoms with E-state index in [1.165, 1.54) is 13.2 Å². The number of allylic oxidation sites excluding steroid dienone is 1. The van der Waals surface area contributed by atoms with Gasteiger partial charge in [0.25, 0.3) is 0 Å². The van der Waals surface area contributed by atoms with Gasteiger partial charge in [-0.15, -0.1) is 0 Å². The molecular weight excluding hydrogens is 1490 g/mol. The number of halogens is 1. The number of aliphatic hydroxyl groups is 1. The minimum Gasteiger partial charge on any atom is -0.504 e. The van der Waals surface area contributed by atoms with Crippen LogP contribution in [0.1, 0.15) is 137 Å². The standard InChI is InChI=1S/C21H18O5.C15H22O5.C12H12O2.C11H12O3.C9H9BrO2.C9H10O3.C9H10O2.2CH4/c1-12-6-14-9-16(25-21(14)19(7-12)23-3)11-24-15-4-5-17-13(2)8-20(22)26-18(17)10-15;1-5-18-14(19-6-2)10-20-15-12(9-16)7-11(3)8-13(15)17-4;1-8-3-10-5-9(7-13)6-11(10)12(4-8)14-2;1-7-3-8-5-9(6-12)14-11(8)10(4-7)13-2;1-6-3-7(5-11)9(10)8(4-6)12-2;1-6-3-7(5-10)9(11)8(4-6)12-2;1-7-3-8(6-10)5-9(4-7)11-2;;/h4-10H,11H2,1-3H3;7-9,14H,5-6,10H2,1-4H3;3-5,7H,6H2,1-2H3;3-5,12H,6H2,1-2H3;3-5H,1-2H3;3-5,11H,1-2H3;3-6H,1-2H3;2*1H4. The van der Waals surface area contributed by atoms with Gasteiger partial charge in [-0.25, -0.2) is 4.79 Å². The fourth-order valence-corrected chi connectivity index (χ4v) is 11.8. The molecular formula is C88H101BrO22. The lowest BCUT2D eigenvalue weighted by Crippen LogP contribution is -2.25. The van der Waals surface area contributed by atoms with Crippen LogP contribution in [-0.2, 0) is 33.9 Å². The van der Waals surface area contributed by atoms with Crippen molar-refractivity contribution < 1.29 is 99.5 Å². The van der Waals surface area contributed by atoms with Gasteiger partial charge in [-0.2, -0.15) is 0 Å². The molecule has 12 rings (SSSR count). The van der Waals surface area contributed by atoms with Crippen LogP contribution in [0.15, 0.2) is 155 Å². The summed E-state index contributed by atoms with van der Waals surface area (Å²) in [7, 11) is 11.0. The quantitative estimate of drug-likeness (QED) is 0.0342. The Kier molecular flexibility index (Phi) is 37.6. The Morgan fingerprint density at radius 1 is 0.477 bits per heavy atom. The maximum Gasteiger partial charge on any atom is 0.336 e. The molecule has 3 heterocycles. The first-order valence-corrected chi connectivity index (χ1v) is 35.1. The summed E-state index contributed by atoms with van der Waals surface area (Å²) in [6, 6.07) is 38.6. The first-order valence-electron chi connectivity index (χ1n) is 34.3. The average Bonchev–Trinajstić information content (AvgIpc) is 1.73. The molecule has 0 atom stereocenters. The number of benzene rings is 8. The van der Waals surface area contributed by atoms with Gasteiger partial charge in [0.1, 0.15) is 72.5 Å². The number of rotatable bonds is 23. The second-order valence-corrected chi connectivity index (χ2v) is 25.5. The van der Waals surface area contributed by atoms with Crippen molar-refractivity contribution in [2.24, 2.45) is 0 Å². The van der Waals surface area contributed by atoms with Gasteiger partial charge in [-0.3, -0.25) is 24.0 Å². The summed E-state index contributed by atoms with van der Waals surface area (Å²) in [5, 5.41) is 21.1. The first kappa shape index (κ1) is 91.9. The Labute approximate surface area is 656 Å². The number of aryl methyl sites for hydroxylation is 8. The van der Waals surface area contributed by atoms with Gasteiger partial charge in [-0.1, -0.05) is 20.9 Å². The minimum absolute atomic E-state index is 0.